The lowest BCUT2D eigenvalue weighted by Crippen LogP contribution is -2.36. The summed E-state index contributed by atoms with van der Waals surface area (Å²) in [7, 11) is 0. The van der Waals surface area contributed by atoms with Crippen molar-refractivity contribution < 1.29 is 19.8 Å². The lowest BCUT2D eigenvalue weighted by Gasteiger charge is -2.24. The number of aliphatic hydroxyl groups excluding tert-OH is 1. The Labute approximate surface area is 145 Å². The van der Waals surface area contributed by atoms with Gasteiger partial charge < -0.3 is 20.4 Å². The normalized spacial score (nSPS) is 18.7. The van der Waals surface area contributed by atoms with E-state index in [9.17, 15) is 14.7 Å². The van der Waals surface area contributed by atoms with Crippen LogP contribution < -0.4 is 5.32 Å². The van der Waals surface area contributed by atoms with E-state index in [4.69, 9.17) is 5.11 Å². The molecule has 1 aliphatic heterocycles. The molecule has 2 atom stereocenters. The van der Waals surface area contributed by atoms with Crippen molar-refractivity contribution in [2.24, 2.45) is 0 Å². The van der Waals surface area contributed by atoms with Crippen LogP contribution in [0.15, 0.2) is 0 Å². The maximum Gasteiger partial charge on any atom is 0.317 e. The van der Waals surface area contributed by atoms with Crippen LogP contribution in [0, 0.1) is 0 Å². The molecule has 0 radical (unpaired) electrons. The Hall–Kier alpha value is -1.30. The van der Waals surface area contributed by atoms with Crippen LogP contribution in [0.2, 0.25) is 0 Å². The average molecular weight is 342 g/mol. The quantitative estimate of drug-likeness (QED) is 0.423. The highest BCUT2D eigenvalue weighted by atomic mass is 16.4. The molecular formula is C18H34N2O4. The van der Waals surface area contributed by atoms with Crippen molar-refractivity contribution in [3.63, 3.8) is 0 Å². The number of hydrogen-bond donors (Lipinski definition) is 3. The number of aliphatic hydroxyl groups is 1. The molecule has 0 spiro atoms. The lowest BCUT2D eigenvalue weighted by molar-refractivity contribution is -0.137. The van der Waals surface area contributed by atoms with E-state index in [1.165, 1.54) is 0 Å². The summed E-state index contributed by atoms with van der Waals surface area (Å²) in [4.78, 5) is 24.3. The lowest BCUT2D eigenvalue weighted by atomic mass is 10.0. The van der Waals surface area contributed by atoms with Gasteiger partial charge in [-0.1, -0.05) is 45.4 Å². The second-order valence-electron chi connectivity index (χ2n) is 6.82. The van der Waals surface area contributed by atoms with E-state index in [1.54, 1.807) is 0 Å². The number of hydrogen-bond acceptors (Lipinski definition) is 3. The van der Waals surface area contributed by atoms with Crippen molar-refractivity contribution in [2.75, 3.05) is 13.1 Å². The summed E-state index contributed by atoms with van der Waals surface area (Å²) in [6.45, 7) is 3.44. The molecule has 0 saturated carbocycles. The summed E-state index contributed by atoms with van der Waals surface area (Å²) in [5.74, 6) is -0.732. The predicted molar refractivity (Wildman–Crippen MR) is 94.0 cm³/mol. The van der Waals surface area contributed by atoms with Gasteiger partial charge in [-0.15, -0.1) is 0 Å². The molecule has 24 heavy (non-hydrogen) atoms. The van der Waals surface area contributed by atoms with Crippen LogP contribution in [0.3, 0.4) is 0 Å². The van der Waals surface area contributed by atoms with Crippen LogP contribution in [0.4, 0.5) is 4.79 Å². The number of carbonyl (C=O) groups excluding carboxylic acids is 1. The maximum atomic E-state index is 11.9. The van der Waals surface area contributed by atoms with E-state index in [0.717, 1.165) is 57.8 Å². The van der Waals surface area contributed by atoms with Crippen molar-refractivity contribution in [3.8, 4) is 0 Å². The van der Waals surface area contributed by atoms with Crippen LogP contribution in [-0.2, 0) is 4.79 Å². The number of carboxylic acid groups (broad SMARTS) is 1. The van der Waals surface area contributed by atoms with Crippen LogP contribution in [0.1, 0.15) is 77.6 Å². The molecule has 0 aromatic heterocycles. The topological polar surface area (TPSA) is 89.9 Å². The van der Waals surface area contributed by atoms with E-state index >= 15 is 0 Å². The molecule has 1 fully saturated rings. The van der Waals surface area contributed by atoms with Crippen molar-refractivity contribution in [3.05, 3.63) is 0 Å². The summed E-state index contributed by atoms with van der Waals surface area (Å²) in [6.07, 6.45) is 9.33. The highest BCUT2D eigenvalue weighted by molar-refractivity contribution is 5.76. The molecule has 140 valence electrons. The van der Waals surface area contributed by atoms with Gasteiger partial charge in [0.05, 0.1) is 12.1 Å². The first-order valence-corrected chi connectivity index (χ1v) is 9.49. The van der Waals surface area contributed by atoms with Crippen molar-refractivity contribution >= 4 is 12.0 Å². The number of amides is 2. The molecule has 3 N–H and O–H groups in total. The van der Waals surface area contributed by atoms with Gasteiger partial charge in [-0.3, -0.25) is 4.79 Å². The van der Waals surface area contributed by atoms with Gasteiger partial charge in [0.2, 0.25) is 0 Å². The molecular weight excluding hydrogens is 308 g/mol. The highest BCUT2D eigenvalue weighted by Gasteiger charge is 2.29. The van der Waals surface area contributed by atoms with Gasteiger partial charge in [-0.2, -0.15) is 0 Å². The van der Waals surface area contributed by atoms with Gasteiger partial charge in [0.25, 0.3) is 0 Å². The smallest absolute Gasteiger partial charge is 0.317 e. The summed E-state index contributed by atoms with van der Waals surface area (Å²) in [5.41, 5.74) is 0. The zero-order valence-electron chi connectivity index (χ0n) is 15.0. The third-order valence-electron chi connectivity index (χ3n) is 4.71. The van der Waals surface area contributed by atoms with Gasteiger partial charge in [0.15, 0.2) is 0 Å². The van der Waals surface area contributed by atoms with Crippen molar-refractivity contribution in [2.45, 2.75) is 89.7 Å². The predicted octanol–water partition coefficient (Wildman–Crippen LogP) is 3.14. The van der Waals surface area contributed by atoms with E-state index in [1.807, 2.05) is 4.90 Å². The standard InChI is InChI=1S/C18H34N2O4/c1-2-3-6-10-16(21)12-13-20-15(14-19-18(20)24)9-7-4-5-8-11-17(22)23/h15-16,21H,2-14H2,1H3,(H,19,24)(H,22,23). The summed E-state index contributed by atoms with van der Waals surface area (Å²) in [6, 6.07) is 0.187. The molecule has 6 heteroatoms. The van der Waals surface area contributed by atoms with E-state index < -0.39 is 5.97 Å². The minimum atomic E-state index is -0.732. The molecule has 1 saturated heterocycles. The largest absolute Gasteiger partial charge is 0.481 e. The van der Waals surface area contributed by atoms with Gasteiger partial charge in [-0.05, 0) is 25.7 Å². The number of nitrogens with zero attached hydrogens (tertiary/aromatic N) is 1. The average Bonchev–Trinajstić information content (AvgIpc) is 2.89. The molecule has 0 aromatic carbocycles. The zero-order chi connectivity index (χ0) is 17.8. The Morgan fingerprint density at radius 1 is 1.21 bits per heavy atom. The number of carboxylic acids is 1. The fraction of sp³-hybridized carbons (Fsp3) is 0.889. The van der Waals surface area contributed by atoms with Crippen LogP contribution in [0.5, 0.6) is 0 Å². The van der Waals surface area contributed by atoms with Crippen molar-refractivity contribution in [1.82, 2.24) is 10.2 Å². The molecule has 0 bridgehead atoms. The monoisotopic (exact) mass is 342 g/mol. The minimum Gasteiger partial charge on any atom is -0.481 e. The summed E-state index contributed by atoms with van der Waals surface area (Å²) in [5, 5.41) is 21.5. The van der Waals surface area contributed by atoms with Crippen molar-refractivity contribution in [1.29, 1.82) is 0 Å². The number of rotatable bonds is 14. The Morgan fingerprint density at radius 3 is 2.67 bits per heavy atom. The van der Waals surface area contributed by atoms with E-state index in [-0.39, 0.29) is 24.6 Å². The van der Waals surface area contributed by atoms with E-state index in [2.05, 4.69) is 12.2 Å². The number of urea groups is 1. The molecule has 2 amide bonds. The van der Waals surface area contributed by atoms with Gasteiger partial charge in [0.1, 0.15) is 0 Å². The first kappa shape index (κ1) is 20.7. The summed E-state index contributed by atoms with van der Waals surface area (Å²) < 4.78 is 0. The number of carbonyl (C=O) groups is 2. The SMILES string of the molecule is CCCCCC(O)CCN1C(=O)NCC1CCCCCCC(=O)O. The molecule has 1 rings (SSSR count). The fourth-order valence-corrected chi connectivity index (χ4v) is 3.20. The molecule has 1 heterocycles. The number of unbranched alkanes of at least 4 members (excludes halogenated alkanes) is 5. The molecule has 6 nitrogen and oxygen atoms in total. The van der Waals surface area contributed by atoms with Gasteiger partial charge in [-0.25, -0.2) is 4.79 Å². The molecule has 1 aliphatic rings. The van der Waals surface area contributed by atoms with Crippen LogP contribution >= 0.6 is 0 Å². The Morgan fingerprint density at radius 2 is 1.96 bits per heavy atom. The highest BCUT2D eigenvalue weighted by Crippen LogP contribution is 2.17. The third-order valence-corrected chi connectivity index (χ3v) is 4.71. The molecule has 0 aliphatic carbocycles. The van der Waals surface area contributed by atoms with Gasteiger partial charge in [0, 0.05) is 19.5 Å². The van der Waals surface area contributed by atoms with Gasteiger partial charge >= 0.3 is 12.0 Å². The maximum absolute atomic E-state index is 11.9. The summed E-state index contributed by atoms with van der Waals surface area (Å²) >= 11 is 0. The number of aliphatic carboxylic acids is 1. The second-order valence-corrected chi connectivity index (χ2v) is 6.82. The second kappa shape index (κ2) is 12.1. The van der Waals surface area contributed by atoms with Crippen LogP contribution in [0.25, 0.3) is 0 Å². The van der Waals surface area contributed by atoms with Crippen LogP contribution in [-0.4, -0.2) is 52.3 Å². The third kappa shape index (κ3) is 8.52. The first-order chi connectivity index (χ1) is 11.5. The van der Waals surface area contributed by atoms with E-state index in [0.29, 0.717) is 19.5 Å². The molecule has 0 aromatic rings. The minimum absolute atomic E-state index is 0.0216. The number of nitrogens with one attached hydrogen (secondary N) is 1. The first-order valence-electron chi connectivity index (χ1n) is 9.49. The fourth-order valence-electron chi connectivity index (χ4n) is 3.20. The zero-order valence-corrected chi connectivity index (χ0v) is 15.0. The molecule has 2 unspecified atom stereocenters. The Balaban J connectivity index is 2.19. The Kier molecular flexibility index (Phi) is 10.5. The Bertz CT molecular complexity index is 376.